The molecule has 1 aromatic heterocycles. The van der Waals surface area contributed by atoms with Gasteiger partial charge in [0.05, 0.1) is 7.05 Å². The highest BCUT2D eigenvalue weighted by molar-refractivity contribution is 7.98. The molecular weight excluding hydrogens is 234 g/mol. The zero-order valence-corrected chi connectivity index (χ0v) is 10.7. The van der Waals surface area contributed by atoms with E-state index < -0.39 is 0 Å². The van der Waals surface area contributed by atoms with Crippen LogP contribution in [0.4, 0.5) is 0 Å². The first-order valence-electron chi connectivity index (χ1n) is 5.32. The van der Waals surface area contributed by atoms with E-state index in [1.807, 2.05) is 24.5 Å². The summed E-state index contributed by atoms with van der Waals surface area (Å²) < 4.78 is 0. The highest BCUT2D eigenvalue weighted by atomic mass is 32.2. The zero-order chi connectivity index (χ0) is 12.3. The molecule has 6 heteroatoms. The summed E-state index contributed by atoms with van der Waals surface area (Å²) in [5.41, 5.74) is 7.31. The fraction of sp³-hybridized carbons (Fsp3) is 0.364. The Morgan fingerprint density at radius 1 is 1.41 bits per heavy atom. The van der Waals surface area contributed by atoms with Crippen molar-refractivity contribution in [1.29, 1.82) is 0 Å². The van der Waals surface area contributed by atoms with Gasteiger partial charge in [-0.25, -0.2) is 0 Å². The van der Waals surface area contributed by atoms with Crippen molar-refractivity contribution in [3.05, 3.63) is 35.7 Å². The molecule has 0 aliphatic carbocycles. The van der Waals surface area contributed by atoms with Crippen molar-refractivity contribution >= 4 is 11.8 Å². The van der Waals surface area contributed by atoms with Gasteiger partial charge < -0.3 is 5.73 Å². The van der Waals surface area contributed by atoms with Gasteiger partial charge in [0.15, 0.2) is 5.82 Å². The molecule has 0 aliphatic rings. The van der Waals surface area contributed by atoms with Crippen LogP contribution < -0.4 is 5.73 Å². The Morgan fingerprint density at radius 2 is 2.18 bits per heavy atom. The van der Waals surface area contributed by atoms with E-state index in [2.05, 4.69) is 21.5 Å². The maximum atomic E-state index is 6.18. The van der Waals surface area contributed by atoms with Gasteiger partial charge in [0.1, 0.15) is 0 Å². The fourth-order valence-electron chi connectivity index (χ4n) is 1.68. The van der Waals surface area contributed by atoms with Crippen LogP contribution in [0.2, 0.25) is 0 Å². The van der Waals surface area contributed by atoms with Gasteiger partial charge in [-0.2, -0.15) is 4.80 Å². The van der Waals surface area contributed by atoms with Gasteiger partial charge in [-0.3, -0.25) is 0 Å². The summed E-state index contributed by atoms with van der Waals surface area (Å²) in [6.07, 6.45) is 2.65. The molecule has 0 radical (unpaired) electrons. The molecule has 1 heterocycles. The van der Waals surface area contributed by atoms with E-state index in [0.29, 0.717) is 12.2 Å². The number of nitrogens with two attached hydrogens (primary N) is 1. The lowest BCUT2D eigenvalue weighted by atomic mass is 10.0. The molecular formula is C11H15N5S. The molecule has 1 aromatic carbocycles. The second-order valence-corrected chi connectivity index (χ2v) is 4.60. The van der Waals surface area contributed by atoms with Gasteiger partial charge in [0, 0.05) is 17.4 Å². The Labute approximate surface area is 104 Å². The smallest absolute Gasteiger partial charge is 0.176 e. The van der Waals surface area contributed by atoms with Crippen LogP contribution in [0.1, 0.15) is 17.4 Å². The quantitative estimate of drug-likeness (QED) is 0.824. The van der Waals surface area contributed by atoms with Crippen molar-refractivity contribution in [2.75, 3.05) is 6.26 Å². The second kappa shape index (κ2) is 5.29. The van der Waals surface area contributed by atoms with Crippen LogP contribution in [-0.2, 0) is 13.5 Å². The summed E-state index contributed by atoms with van der Waals surface area (Å²) in [6.45, 7) is 0. The standard InChI is InChI=1S/C11H15N5S/c1-16-14-11(13-15-16)7-9(12)8-5-3-4-6-10(8)17-2/h3-6,9H,7,12H2,1-2H3. The lowest BCUT2D eigenvalue weighted by Gasteiger charge is -2.13. The normalized spacial score (nSPS) is 12.6. The van der Waals surface area contributed by atoms with E-state index >= 15 is 0 Å². The van der Waals surface area contributed by atoms with Gasteiger partial charge in [-0.15, -0.1) is 22.0 Å². The molecule has 2 rings (SSSR count). The summed E-state index contributed by atoms with van der Waals surface area (Å²) in [5.74, 6) is 0.677. The Hall–Kier alpha value is -1.40. The SMILES string of the molecule is CSc1ccccc1C(N)Cc1nnn(C)n1. The van der Waals surface area contributed by atoms with Crippen LogP contribution in [0.25, 0.3) is 0 Å². The molecule has 0 spiro atoms. The fourth-order valence-corrected chi connectivity index (χ4v) is 2.35. The lowest BCUT2D eigenvalue weighted by Crippen LogP contribution is -2.15. The Bertz CT molecular complexity index is 496. The number of rotatable bonds is 4. The molecule has 0 bridgehead atoms. The first-order chi connectivity index (χ1) is 8.20. The highest BCUT2D eigenvalue weighted by Crippen LogP contribution is 2.25. The average molecular weight is 249 g/mol. The summed E-state index contributed by atoms with van der Waals surface area (Å²) in [4.78, 5) is 2.64. The maximum absolute atomic E-state index is 6.18. The number of benzene rings is 1. The van der Waals surface area contributed by atoms with Gasteiger partial charge in [-0.1, -0.05) is 18.2 Å². The topological polar surface area (TPSA) is 69.6 Å². The van der Waals surface area contributed by atoms with Gasteiger partial charge in [-0.05, 0) is 23.1 Å². The summed E-state index contributed by atoms with van der Waals surface area (Å²) in [6, 6.07) is 8.04. The van der Waals surface area contributed by atoms with Crippen LogP contribution in [0.5, 0.6) is 0 Å². The molecule has 0 amide bonds. The molecule has 17 heavy (non-hydrogen) atoms. The van der Waals surface area contributed by atoms with E-state index in [-0.39, 0.29) is 6.04 Å². The van der Waals surface area contributed by atoms with Crippen molar-refractivity contribution in [3.63, 3.8) is 0 Å². The number of hydrogen-bond acceptors (Lipinski definition) is 5. The lowest BCUT2D eigenvalue weighted by molar-refractivity contribution is 0.621. The van der Waals surface area contributed by atoms with Crippen molar-refractivity contribution in [1.82, 2.24) is 20.2 Å². The van der Waals surface area contributed by atoms with Crippen molar-refractivity contribution < 1.29 is 0 Å². The third kappa shape index (κ3) is 2.83. The zero-order valence-electron chi connectivity index (χ0n) is 9.87. The number of hydrogen-bond donors (Lipinski definition) is 1. The number of nitrogens with zero attached hydrogens (tertiary/aromatic N) is 4. The van der Waals surface area contributed by atoms with Crippen LogP contribution in [0.3, 0.4) is 0 Å². The van der Waals surface area contributed by atoms with E-state index in [0.717, 1.165) is 5.56 Å². The van der Waals surface area contributed by atoms with Gasteiger partial charge in [0.25, 0.3) is 0 Å². The van der Waals surface area contributed by atoms with Crippen LogP contribution >= 0.6 is 11.8 Å². The molecule has 5 nitrogen and oxygen atoms in total. The van der Waals surface area contributed by atoms with Crippen molar-refractivity contribution in [2.45, 2.75) is 17.4 Å². The molecule has 1 atom stereocenters. The summed E-state index contributed by atoms with van der Waals surface area (Å²) in [7, 11) is 1.75. The van der Waals surface area contributed by atoms with Gasteiger partial charge >= 0.3 is 0 Å². The molecule has 2 aromatic rings. The minimum absolute atomic E-state index is 0.0946. The average Bonchev–Trinajstić information content (AvgIpc) is 2.74. The minimum atomic E-state index is -0.0946. The number of aryl methyl sites for hydroxylation is 1. The third-order valence-corrected chi connectivity index (χ3v) is 3.30. The molecule has 0 aliphatic heterocycles. The third-order valence-electron chi connectivity index (χ3n) is 2.49. The number of thioether (sulfide) groups is 1. The van der Waals surface area contributed by atoms with Gasteiger partial charge in [0.2, 0.25) is 0 Å². The van der Waals surface area contributed by atoms with Crippen LogP contribution in [0, 0.1) is 0 Å². The Balaban J connectivity index is 2.16. The summed E-state index contributed by atoms with van der Waals surface area (Å²) in [5, 5.41) is 11.9. The van der Waals surface area contributed by atoms with E-state index in [1.54, 1.807) is 18.8 Å². The first-order valence-corrected chi connectivity index (χ1v) is 6.54. The van der Waals surface area contributed by atoms with Crippen molar-refractivity contribution in [2.24, 2.45) is 12.8 Å². The monoisotopic (exact) mass is 249 g/mol. The predicted octanol–water partition coefficient (Wildman–Crippen LogP) is 1.17. The predicted molar refractivity (Wildman–Crippen MR) is 67.7 cm³/mol. The summed E-state index contributed by atoms with van der Waals surface area (Å²) >= 11 is 1.70. The Morgan fingerprint density at radius 3 is 2.82 bits per heavy atom. The molecule has 0 saturated carbocycles. The van der Waals surface area contributed by atoms with Crippen LogP contribution in [-0.4, -0.2) is 26.5 Å². The minimum Gasteiger partial charge on any atom is -0.324 e. The highest BCUT2D eigenvalue weighted by Gasteiger charge is 2.13. The van der Waals surface area contributed by atoms with E-state index in [9.17, 15) is 0 Å². The maximum Gasteiger partial charge on any atom is 0.176 e. The number of tetrazole rings is 1. The molecule has 2 N–H and O–H groups in total. The number of aromatic nitrogens is 4. The van der Waals surface area contributed by atoms with E-state index in [1.165, 1.54) is 9.69 Å². The van der Waals surface area contributed by atoms with Crippen molar-refractivity contribution in [3.8, 4) is 0 Å². The Kier molecular flexibility index (Phi) is 3.75. The van der Waals surface area contributed by atoms with E-state index in [4.69, 9.17) is 5.73 Å². The molecule has 90 valence electrons. The second-order valence-electron chi connectivity index (χ2n) is 3.75. The van der Waals surface area contributed by atoms with Crippen LogP contribution in [0.15, 0.2) is 29.2 Å². The largest absolute Gasteiger partial charge is 0.324 e. The molecule has 0 saturated heterocycles. The first kappa shape index (κ1) is 12.1. The molecule has 1 unspecified atom stereocenters. The molecule has 0 fully saturated rings.